The highest BCUT2D eigenvalue weighted by molar-refractivity contribution is 7.99. The van der Waals surface area contributed by atoms with Crippen LogP contribution < -0.4 is 4.90 Å². The molecule has 166 valence electrons. The number of aromatic nitrogens is 3. The zero-order chi connectivity index (χ0) is 23.1. The molecule has 1 heterocycles. The molecule has 0 saturated carbocycles. The fourth-order valence-corrected chi connectivity index (χ4v) is 4.26. The molecule has 32 heavy (non-hydrogen) atoms. The van der Waals surface area contributed by atoms with Gasteiger partial charge in [-0.05, 0) is 30.0 Å². The Morgan fingerprint density at radius 2 is 1.78 bits per heavy atom. The molecule has 0 atom stereocenters. The van der Waals surface area contributed by atoms with E-state index in [1.54, 1.807) is 4.90 Å². The van der Waals surface area contributed by atoms with Crippen LogP contribution in [0.1, 0.15) is 39.7 Å². The molecule has 3 aromatic rings. The number of para-hydroxylation sites is 1. The van der Waals surface area contributed by atoms with Crippen molar-refractivity contribution in [3.05, 3.63) is 60.2 Å². The standard InChI is InChI=1S/C25H29N5OS/c1-5-29-23(19-12-14-20(15-13-19)25(2,3)4)27-28-24(29)32-18-22(31)30(17-9-16-26)21-10-7-6-8-11-21/h6-8,10-15H,5,9,17-18H2,1-4H3. The summed E-state index contributed by atoms with van der Waals surface area (Å²) in [7, 11) is 0. The highest BCUT2D eigenvalue weighted by Gasteiger charge is 2.20. The van der Waals surface area contributed by atoms with Gasteiger partial charge in [0, 0.05) is 24.3 Å². The molecule has 1 amide bonds. The van der Waals surface area contributed by atoms with E-state index in [1.807, 2.05) is 41.8 Å². The predicted octanol–water partition coefficient (Wildman–Crippen LogP) is 5.30. The number of anilines is 1. The van der Waals surface area contributed by atoms with Crippen molar-refractivity contribution < 1.29 is 4.79 Å². The van der Waals surface area contributed by atoms with Crippen molar-refractivity contribution in [3.63, 3.8) is 0 Å². The number of rotatable bonds is 8. The molecule has 0 bridgehead atoms. The largest absolute Gasteiger partial charge is 0.311 e. The number of carbonyl (C=O) groups is 1. The highest BCUT2D eigenvalue weighted by Crippen LogP contribution is 2.28. The van der Waals surface area contributed by atoms with Crippen molar-refractivity contribution in [1.29, 1.82) is 5.26 Å². The zero-order valence-electron chi connectivity index (χ0n) is 19.1. The average Bonchev–Trinajstić information content (AvgIpc) is 3.21. The summed E-state index contributed by atoms with van der Waals surface area (Å²) in [6.45, 7) is 9.70. The molecule has 0 aliphatic carbocycles. The lowest BCUT2D eigenvalue weighted by Crippen LogP contribution is -2.33. The van der Waals surface area contributed by atoms with Gasteiger partial charge in [0.2, 0.25) is 5.91 Å². The first-order chi connectivity index (χ1) is 15.3. The van der Waals surface area contributed by atoms with E-state index in [2.05, 4.69) is 61.3 Å². The molecule has 0 fully saturated rings. The van der Waals surface area contributed by atoms with Crippen molar-refractivity contribution >= 4 is 23.4 Å². The smallest absolute Gasteiger partial charge is 0.237 e. The van der Waals surface area contributed by atoms with Crippen LogP contribution in [-0.4, -0.2) is 33.0 Å². The summed E-state index contributed by atoms with van der Waals surface area (Å²) >= 11 is 1.37. The Balaban J connectivity index is 1.76. The number of nitrogens with zero attached hydrogens (tertiary/aromatic N) is 5. The molecular formula is C25H29N5OS. The van der Waals surface area contributed by atoms with Crippen LogP contribution in [0.15, 0.2) is 59.8 Å². The predicted molar refractivity (Wildman–Crippen MR) is 130 cm³/mol. The lowest BCUT2D eigenvalue weighted by atomic mass is 9.87. The third kappa shape index (κ3) is 5.57. The molecule has 2 aromatic carbocycles. The zero-order valence-corrected chi connectivity index (χ0v) is 19.9. The first kappa shape index (κ1) is 23.6. The maximum atomic E-state index is 13.0. The number of nitriles is 1. The summed E-state index contributed by atoms with van der Waals surface area (Å²) in [6, 6.07) is 20.0. The lowest BCUT2D eigenvalue weighted by molar-refractivity contribution is -0.116. The second kappa shape index (κ2) is 10.5. The van der Waals surface area contributed by atoms with Crippen LogP contribution in [-0.2, 0) is 16.8 Å². The molecule has 0 aliphatic heterocycles. The van der Waals surface area contributed by atoms with Crippen LogP contribution in [0.3, 0.4) is 0 Å². The van der Waals surface area contributed by atoms with Crippen LogP contribution >= 0.6 is 11.8 Å². The summed E-state index contributed by atoms with van der Waals surface area (Å²) in [5, 5.41) is 18.4. The first-order valence-corrected chi connectivity index (χ1v) is 11.7. The number of hydrogen-bond donors (Lipinski definition) is 0. The Morgan fingerprint density at radius 1 is 1.09 bits per heavy atom. The van der Waals surface area contributed by atoms with E-state index in [4.69, 9.17) is 5.26 Å². The molecule has 1 aromatic heterocycles. The minimum absolute atomic E-state index is 0.0572. The van der Waals surface area contributed by atoms with Gasteiger partial charge in [-0.25, -0.2) is 0 Å². The topological polar surface area (TPSA) is 74.8 Å². The molecule has 0 aliphatic rings. The molecule has 3 rings (SSSR count). The van der Waals surface area contributed by atoms with E-state index in [1.165, 1.54) is 17.3 Å². The van der Waals surface area contributed by atoms with Gasteiger partial charge >= 0.3 is 0 Å². The summed E-state index contributed by atoms with van der Waals surface area (Å²) in [5.74, 6) is 0.965. The number of hydrogen-bond acceptors (Lipinski definition) is 5. The Kier molecular flexibility index (Phi) is 7.70. The van der Waals surface area contributed by atoms with Gasteiger partial charge in [0.1, 0.15) is 0 Å². The molecule has 7 heteroatoms. The number of amides is 1. The van der Waals surface area contributed by atoms with Crippen molar-refractivity contribution in [3.8, 4) is 17.5 Å². The molecule has 6 nitrogen and oxygen atoms in total. The molecule has 0 radical (unpaired) electrons. The molecular weight excluding hydrogens is 418 g/mol. The van der Waals surface area contributed by atoms with Crippen LogP contribution in [0.25, 0.3) is 11.4 Å². The van der Waals surface area contributed by atoms with Gasteiger partial charge in [0.15, 0.2) is 11.0 Å². The van der Waals surface area contributed by atoms with Crippen LogP contribution in [0.4, 0.5) is 5.69 Å². The minimum Gasteiger partial charge on any atom is -0.311 e. The minimum atomic E-state index is -0.0572. The Hall–Kier alpha value is -3.11. The second-order valence-electron chi connectivity index (χ2n) is 8.46. The van der Waals surface area contributed by atoms with Crippen LogP contribution in [0, 0.1) is 11.3 Å². The van der Waals surface area contributed by atoms with Crippen molar-refractivity contribution in [2.24, 2.45) is 0 Å². The summed E-state index contributed by atoms with van der Waals surface area (Å²) in [6.07, 6.45) is 0.283. The number of carbonyl (C=O) groups excluding carboxylic acids is 1. The van der Waals surface area contributed by atoms with Gasteiger partial charge < -0.3 is 9.47 Å². The van der Waals surface area contributed by atoms with E-state index in [0.29, 0.717) is 18.2 Å². The van der Waals surface area contributed by atoms with Crippen LogP contribution in [0.2, 0.25) is 0 Å². The second-order valence-corrected chi connectivity index (χ2v) is 9.40. The van der Waals surface area contributed by atoms with Gasteiger partial charge in [-0.2, -0.15) is 5.26 Å². The molecule has 0 N–H and O–H groups in total. The highest BCUT2D eigenvalue weighted by atomic mass is 32.2. The number of thioether (sulfide) groups is 1. The van der Waals surface area contributed by atoms with Gasteiger partial charge in [-0.3, -0.25) is 4.79 Å². The Morgan fingerprint density at radius 3 is 2.38 bits per heavy atom. The van der Waals surface area contributed by atoms with Crippen LogP contribution in [0.5, 0.6) is 0 Å². The van der Waals surface area contributed by atoms with Crippen molar-refractivity contribution in [2.75, 3.05) is 17.2 Å². The normalized spacial score (nSPS) is 11.2. The van der Waals surface area contributed by atoms with E-state index in [0.717, 1.165) is 17.1 Å². The molecule has 0 saturated heterocycles. The van der Waals surface area contributed by atoms with E-state index >= 15 is 0 Å². The Labute approximate surface area is 194 Å². The van der Waals surface area contributed by atoms with E-state index in [-0.39, 0.29) is 23.5 Å². The van der Waals surface area contributed by atoms with E-state index in [9.17, 15) is 4.79 Å². The monoisotopic (exact) mass is 447 g/mol. The SMILES string of the molecule is CCn1c(SCC(=O)N(CCC#N)c2ccccc2)nnc1-c1ccc(C(C)(C)C)cc1. The van der Waals surface area contributed by atoms with E-state index < -0.39 is 0 Å². The fourth-order valence-electron chi connectivity index (χ4n) is 3.39. The lowest BCUT2D eigenvalue weighted by Gasteiger charge is -2.21. The molecule has 0 unspecified atom stereocenters. The van der Waals surface area contributed by atoms with Gasteiger partial charge in [0.05, 0.1) is 18.2 Å². The summed E-state index contributed by atoms with van der Waals surface area (Å²) in [4.78, 5) is 14.6. The Bertz CT molecular complexity index is 1080. The number of benzene rings is 2. The summed E-state index contributed by atoms with van der Waals surface area (Å²) < 4.78 is 2.03. The molecule has 0 spiro atoms. The average molecular weight is 448 g/mol. The van der Waals surface area contributed by atoms with Gasteiger partial charge in [-0.15, -0.1) is 10.2 Å². The maximum absolute atomic E-state index is 13.0. The maximum Gasteiger partial charge on any atom is 0.237 e. The fraction of sp³-hybridized carbons (Fsp3) is 0.360. The van der Waals surface area contributed by atoms with Crippen molar-refractivity contribution in [2.45, 2.75) is 51.2 Å². The van der Waals surface area contributed by atoms with Gasteiger partial charge in [-0.1, -0.05) is 75.0 Å². The quantitative estimate of drug-likeness (QED) is 0.438. The summed E-state index contributed by atoms with van der Waals surface area (Å²) in [5.41, 5.74) is 3.16. The third-order valence-corrected chi connectivity index (χ3v) is 6.13. The first-order valence-electron chi connectivity index (χ1n) is 10.7. The van der Waals surface area contributed by atoms with Gasteiger partial charge in [0.25, 0.3) is 0 Å². The third-order valence-electron chi connectivity index (χ3n) is 5.18. The van der Waals surface area contributed by atoms with Crippen molar-refractivity contribution in [1.82, 2.24) is 14.8 Å².